The molecule has 142 valence electrons. The largest absolute Gasteiger partial charge is 0.748 e. The lowest BCUT2D eigenvalue weighted by Gasteiger charge is -2.22. The Labute approximate surface area is 147 Å². The van der Waals surface area contributed by atoms with Crippen molar-refractivity contribution in [2.24, 2.45) is 5.92 Å². The quantitative estimate of drug-likeness (QED) is 0.413. The Morgan fingerprint density at radius 1 is 1.08 bits per heavy atom. The van der Waals surface area contributed by atoms with Crippen LogP contribution in [0.2, 0.25) is 0 Å². The van der Waals surface area contributed by atoms with Gasteiger partial charge in [0.05, 0.1) is 15.7 Å². The van der Waals surface area contributed by atoms with Crippen molar-refractivity contribution in [1.82, 2.24) is 0 Å². The number of carbonyl (C=O) groups excluding carboxylic acids is 1. The first-order valence-corrected chi connectivity index (χ1v) is 10.1. The maximum atomic E-state index is 10.3. The first-order chi connectivity index (χ1) is 11.2. The van der Waals surface area contributed by atoms with Gasteiger partial charge in [-0.25, -0.2) is 13.2 Å². The fourth-order valence-electron chi connectivity index (χ4n) is 2.78. The Morgan fingerprint density at radius 3 is 1.96 bits per heavy atom. The van der Waals surface area contributed by atoms with Gasteiger partial charge in [-0.2, -0.15) is 13.2 Å². The minimum absolute atomic E-state index is 0.145. The minimum atomic E-state index is -3.97. The molecule has 2 fully saturated rings. The lowest BCUT2D eigenvalue weighted by Crippen LogP contribution is -2.17. The zero-order chi connectivity index (χ0) is 18.6. The second-order valence-electron chi connectivity index (χ2n) is 5.90. The molecule has 9 heteroatoms. The van der Waals surface area contributed by atoms with Crippen molar-refractivity contribution < 1.29 is 30.9 Å². The van der Waals surface area contributed by atoms with E-state index in [2.05, 4.69) is 12.6 Å². The van der Waals surface area contributed by atoms with E-state index < -0.39 is 16.8 Å². The van der Waals surface area contributed by atoms with Crippen LogP contribution in [-0.4, -0.2) is 36.6 Å². The second-order valence-corrected chi connectivity index (χ2v) is 8.05. The molecule has 0 N–H and O–H groups in total. The molecule has 1 atom stereocenters. The molecule has 2 saturated carbocycles. The van der Waals surface area contributed by atoms with E-state index in [-0.39, 0.29) is 11.7 Å². The molecule has 0 aromatic carbocycles. The summed E-state index contributed by atoms with van der Waals surface area (Å²) in [7, 11) is -3.97. The molecule has 2 rings (SSSR count). The van der Waals surface area contributed by atoms with Crippen molar-refractivity contribution in [2.75, 3.05) is 5.75 Å². The molecular formula is C15H25F3O4S2. The summed E-state index contributed by atoms with van der Waals surface area (Å²) in [5.41, 5.74) is 0.915. The zero-order valence-corrected chi connectivity index (χ0v) is 15.3. The standard InChI is InChI=1S/C7H14O3S.C7H10OS.CHF3/c8-11(9,10)6-7-4-2-1-3-5-7;8-5-6-3-1-2-4-7(6)9;2-1(3)4/h7H,1-6H2,(H,8,9,10);7,9H,1-4H2;1H. The van der Waals surface area contributed by atoms with Gasteiger partial charge in [0.15, 0.2) is 0 Å². The van der Waals surface area contributed by atoms with E-state index in [0.717, 1.165) is 50.5 Å². The number of rotatable bonds is 2. The molecule has 0 bridgehead atoms. The molecular weight excluding hydrogens is 365 g/mol. The fraction of sp³-hybridized carbons (Fsp3) is 0.867. The predicted molar refractivity (Wildman–Crippen MR) is 89.9 cm³/mol. The van der Waals surface area contributed by atoms with E-state index in [1.807, 2.05) is 5.94 Å². The summed E-state index contributed by atoms with van der Waals surface area (Å²) in [6, 6.07) is 0. The van der Waals surface area contributed by atoms with E-state index in [4.69, 9.17) is 0 Å². The maximum absolute atomic E-state index is 10.3. The van der Waals surface area contributed by atoms with Crippen LogP contribution in [0.5, 0.6) is 0 Å². The smallest absolute Gasteiger partial charge is 0.379 e. The SMILES string of the molecule is FC(F)F.O=C=C1CCCCC1[SH2+].O=S(=O)([O-])CC1CCCCC1. The maximum Gasteiger partial charge on any atom is 0.379 e. The average Bonchev–Trinajstić information content (AvgIpc) is 2.47. The summed E-state index contributed by atoms with van der Waals surface area (Å²) in [5.74, 6) is 1.97. The highest BCUT2D eigenvalue weighted by Crippen LogP contribution is 2.24. The van der Waals surface area contributed by atoms with Crippen molar-refractivity contribution in [3.8, 4) is 0 Å². The van der Waals surface area contributed by atoms with Gasteiger partial charge in [0.25, 0.3) is 0 Å². The molecule has 0 aliphatic heterocycles. The molecule has 0 aromatic heterocycles. The number of hydrogen-bond acceptors (Lipinski definition) is 4. The van der Waals surface area contributed by atoms with Crippen LogP contribution in [0, 0.1) is 5.92 Å². The number of alkyl halides is 3. The Balaban J connectivity index is 0.000000367. The van der Waals surface area contributed by atoms with E-state index in [1.54, 1.807) is 0 Å². The van der Waals surface area contributed by atoms with Gasteiger partial charge < -0.3 is 4.55 Å². The third kappa shape index (κ3) is 13.9. The van der Waals surface area contributed by atoms with Gasteiger partial charge in [0, 0.05) is 5.75 Å². The van der Waals surface area contributed by atoms with Crippen LogP contribution in [-0.2, 0) is 27.5 Å². The normalized spacial score (nSPS) is 21.9. The summed E-state index contributed by atoms with van der Waals surface area (Å²) in [5, 5.41) is 0.316. The third-order valence-electron chi connectivity index (χ3n) is 3.91. The topological polar surface area (TPSA) is 74.3 Å². The molecule has 0 spiro atoms. The van der Waals surface area contributed by atoms with Crippen molar-refractivity contribution in [3.05, 3.63) is 5.57 Å². The molecule has 0 aromatic rings. The van der Waals surface area contributed by atoms with Gasteiger partial charge >= 0.3 is 6.68 Å². The van der Waals surface area contributed by atoms with Crippen LogP contribution in [0.25, 0.3) is 0 Å². The van der Waals surface area contributed by atoms with E-state index in [0.29, 0.717) is 5.25 Å². The van der Waals surface area contributed by atoms with Crippen LogP contribution in [0.4, 0.5) is 13.2 Å². The lowest BCUT2D eigenvalue weighted by atomic mass is 9.91. The van der Waals surface area contributed by atoms with E-state index in [1.165, 1.54) is 12.8 Å². The highest BCUT2D eigenvalue weighted by Gasteiger charge is 2.20. The minimum Gasteiger partial charge on any atom is -0.748 e. The second kappa shape index (κ2) is 12.8. The van der Waals surface area contributed by atoms with Gasteiger partial charge in [-0.15, -0.1) is 0 Å². The van der Waals surface area contributed by atoms with Crippen LogP contribution in [0.15, 0.2) is 5.57 Å². The van der Waals surface area contributed by atoms with Gasteiger partial charge in [-0.1, -0.05) is 19.3 Å². The summed E-state index contributed by atoms with van der Waals surface area (Å²) >= 11 is 3.46. The molecule has 2 aliphatic carbocycles. The van der Waals surface area contributed by atoms with Crippen LogP contribution >= 0.6 is 0 Å². The van der Waals surface area contributed by atoms with E-state index >= 15 is 0 Å². The summed E-state index contributed by atoms with van der Waals surface area (Å²) in [4.78, 5) is 10.2. The number of hydrogen-bond donors (Lipinski definition) is 0. The molecule has 4 nitrogen and oxygen atoms in total. The molecule has 2 aliphatic rings. The Morgan fingerprint density at radius 2 is 1.58 bits per heavy atom. The molecule has 1 unspecified atom stereocenters. The van der Waals surface area contributed by atoms with Gasteiger partial charge in [0.1, 0.15) is 11.2 Å². The lowest BCUT2D eigenvalue weighted by molar-refractivity contribution is 0.00819. The van der Waals surface area contributed by atoms with Crippen molar-refractivity contribution >= 4 is 28.7 Å². The number of halogens is 3. The van der Waals surface area contributed by atoms with Crippen LogP contribution in [0.3, 0.4) is 0 Å². The average molecular weight is 390 g/mol. The highest BCUT2D eigenvalue weighted by molar-refractivity contribution is 7.85. The van der Waals surface area contributed by atoms with Crippen LogP contribution in [0.1, 0.15) is 57.8 Å². The molecule has 0 saturated heterocycles. The molecule has 0 heterocycles. The van der Waals surface area contributed by atoms with Crippen molar-refractivity contribution in [1.29, 1.82) is 0 Å². The molecule has 0 radical (unpaired) electrons. The zero-order valence-electron chi connectivity index (χ0n) is 13.5. The first-order valence-electron chi connectivity index (χ1n) is 7.96. The fourth-order valence-corrected chi connectivity index (χ4v) is 4.10. The van der Waals surface area contributed by atoms with E-state index in [9.17, 15) is 30.9 Å². The molecule has 0 amide bonds. The van der Waals surface area contributed by atoms with Crippen molar-refractivity contribution in [2.45, 2.75) is 69.7 Å². The van der Waals surface area contributed by atoms with Crippen LogP contribution < -0.4 is 0 Å². The van der Waals surface area contributed by atoms with Gasteiger partial charge in [0.2, 0.25) is 0 Å². The monoisotopic (exact) mass is 390 g/mol. The Kier molecular flexibility index (Phi) is 12.5. The Hall–Kier alpha value is -0.500. The molecule has 24 heavy (non-hydrogen) atoms. The summed E-state index contributed by atoms with van der Waals surface area (Å²) in [6.07, 6.45) is 9.63. The predicted octanol–water partition coefficient (Wildman–Crippen LogP) is 2.99. The van der Waals surface area contributed by atoms with Gasteiger partial charge in [-0.05, 0) is 57.1 Å². The van der Waals surface area contributed by atoms with Gasteiger partial charge in [-0.3, -0.25) is 0 Å². The first kappa shape index (κ1) is 23.5. The highest BCUT2D eigenvalue weighted by atomic mass is 32.2. The van der Waals surface area contributed by atoms with Crippen molar-refractivity contribution in [3.63, 3.8) is 0 Å². The summed E-state index contributed by atoms with van der Waals surface area (Å²) in [6.45, 7) is -3.67. The Bertz CT molecular complexity index is 482. The summed E-state index contributed by atoms with van der Waals surface area (Å²) < 4.78 is 60.0. The third-order valence-corrected chi connectivity index (χ3v) is 5.42.